The smallest absolute Gasteiger partial charge is 0.312 e. The number of aromatic amines is 1. The van der Waals surface area contributed by atoms with Gasteiger partial charge in [-0.3, -0.25) is 14.4 Å². The van der Waals surface area contributed by atoms with Crippen molar-refractivity contribution in [1.29, 1.82) is 0 Å². The van der Waals surface area contributed by atoms with E-state index in [0.717, 1.165) is 22.0 Å². The minimum Gasteiger partial charge on any atom is -0.481 e. The van der Waals surface area contributed by atoms with E-state index in [4.69, 9.17) is 0 Å². The number of carbonyl (C=O) groups is 3. The van der Waals surface area contributed by atoms with E-state index in [1.807, 2.05) is 68.4 Å². The Morgan fingerprint density at radius 3 is 2.30 bits per heavy atom. The highest BCUT2D eigenvalue weighted by Crippen LogP contribution is 2.32. The highest BCUT2D eigenvalue weighted by molar-refractivity contribution is 5.89. The standard InChI is InChI=1S/C26H31N3O4/c1-16(2)23(26(32)33)24-20(19-11-7-8-12-21(19)29-24)13-14-27-25(31)22(28-17(3)30)15-18-9-5-4-6-10-18/h4-12,16,22-23,29H,13-15H2,1-3H3,(H,27,31)(H,28,30)(H,32,33). The molecule has 0 saturated carbocycles. The van der Waals surface area contributed by atoms with Gasteiger partial charge < -0.3 is 20.7 Å². The van der Waals surface area contributed by atoms with Crippen LogP contribution in [0.3, 0.4) is 0 Å². The van der Waals surface area contributed by atoms with Gasteiger partial charge in [-0.1, -0.05) is 62.4 Å². The maximum atomic E-state index is 12.9. The third-order valence-electron chi connectivity index (χ3n) is 5.74. The van der Waals surface area contributed by atoms with Gasteiger partial charge in [-0.15, -0.1) is 0 Å². The molecule has 2 atom stereocenters. The topological polar surface area (TPSA) is 111 Å². The number of H-pyrrole nitrogens is 1. The van der Waals surface area contributed by atoms with Crippen molar-refractivity contribution in [3.8, 4) is 0 Å². The number of hydrogen-bond donors (Lipinski definition) is 4. The Bertz CT molecular complexity index is 1120. The summed E-state index contributed by atoms with van der Waals surface area (Å²) < 4.78 is 0. The van der Waals surface area contributed by atoms with Crippen LogP contribution >= 0.6 is 0 Å². The van der Waals surface area contributed by atoms with Crippen LogP contribution in [-0.2, 0) is 27.2 Å². The molecule has 4 N–H and O–H groups in total. The number of carboxylic acid groups (broad SMARTS) is 1. The van der Waals surface area contributed by atoms with Crippen molar-refractivity contribution in [3.63, 3.8) is 0 Å². The third-order valence-corrected chi connectivity index (χ3v) is 5.74. The van der Waals surface area contributed by atoms with Gasteiger partial charge in [-0.2, -0.15) is 0 Å². The lowest BCUT2D eigenvalue weighted by Gasteiger charge is -2.19. The van der Waals surface area contributed by atoms with Gasteiger partial charge in [0.15, 0.2) is 0 Å². The van der Waals surface area contributed by atoms with Gasteiger partial charge in [0.25, 0.3) is 0 Å². The van der Waals surface area contributed by atoms with Crippen molar-refractivity contribution in [2.75, 3.05) is 6.54 Å². The third kappa shape index (κ3) is 6.00. The van der Waals surface area contributed by atoms with Crippen molar-refractivity contribution in [2.24, 2.45) is 5.92 Å². The largest absolute Gasteiger partial charge is 0.481 e. The van der Waals surface area contributed by atoms with Gasteiger partial charge in [0.05, 0.1) is 5.92 Å². The number of benzene rings is 2. The molecular weight excluding hydrogens is 418 g/mol. The molecule has 33 heavy (non-hydrogen) atoms. The van der Waals surface area contributed by atoms with Crippen LogP contribution in [0.25, 0.3) is 10.9 Å². The van der Waals surface area contributed by atoms with Crippen molar-refractivity contribution in [1.82, 2.24) is 15.6 Å². The molecule has 3 rings (SSSR count). The summed E-state index contributed by atoms with van der Waals surface area (Å²) >= 11 is 0. The molecule has 0 radical (unpaired) electrons. The van der Waals surface area contributed by atoms with E-state index in [2.05, 4.69) is 15.6 Å². The Morgan fingerprint density at radius 2 is 1.67 bits per heavy atom. The molecular formula is C26H31N3O4. The normalized spacial score (nSPS) is 13.0. The van der Waals surface area contributed by atoms with Gasteiger partial charge >= 0.3 is 5.97 Å². The van der Waals surface area contributed by atoms with Gasteiger partial charge in [0, 0.05) is 36.5 Å². The molecule has 2 amide bonds. The summed E-state index contributed by atoms with van der Waals surface area (Å²) in [7, 11) is 0. The van der Waals surface area contributed by atoms with E-state index in [1.165, 1.54) is 6.92 Å². The molecule has 2 unspecified atom stereocenters. The summed E-state index contributed by atoms with van der Waals surface area (Å²) in [5.41, 5.74) is 3.40. The fourth-order valence-electron chi connectivity index (χ4n) is 4.24. The Labute approximate surface area is 193 Å². The number of carboxylic acids is 1. The minimum absolute atomic E-state index is 0.0982. The number of amides is 2. The highest BCUT2D eigenvalue weighted by Gasteiger charge is 2.29. The Morgan fingerprint density at radius 1 is 1.00 bits per heavy atom. The summed E-state index contributed by atoms with van der Waals surface area (Å²) in [6, 6.07) is 16.5. The maximum absolute atomic E-state index is 12.9. The number of rotatable bonds is 10. The second-order valence-electron chi connectivity index (χ2n) is 8.61. The van der Waals surface area contributed by atoms with Gasteiger partial charge in [0.1, 0.15) is 6.04 Å². The van der Waals surface area contributed by atoms with E-state index in [-0.39, 0.29) is 17.7 Å². The molecule has 0 aliphatic rings. The molecule has 0 spiro atoms. The summed E-state index contributed by atoms with van der Waals surface area (Å²) in [5.74, 6) is -2.19. The second-order valence-corrected chi connectivity index (χ2v) is 8.61. The first-order valence-electron chi connectivity index (χ1n) is 11.2. The molecule has 0 bridgehead atoms. The first-order chi connectivity index (χ1) is 15.8. The Balaban J connectivity index is 1.77. The molecule has 2 aromatic carbocycles. The molecule has 0 aliphatic carbocycles. The number of carbonyl (C=O) groups excluding carboxylic acids is 2. The first kappa shape index (κ1) is 24.0. The number of fused-ring (bicyclic) bond motifs is 1. The summed E-state index contributed by atoms with van der Waals surface area (Å²) in [6.07, 6.45) is 0.860. The summed E-state index contributed by atoms with van der Waals surface area (Å²) in [4.78, 5) is 39.8. The lowest BCUT2D eigenvalue weighted by atomic mass is 9.89. The monoisotopic (exact) mass is 449 g/mol. The van der Waals surface area contributed by atoms with Crippen LogP contribution in [0, 0.1) is 5.92 Å². The van der Waals surface area contributed by atoms with Gasteiger partial charge in [-0.25, -0.2) is 0 Å². The number of aliphatic carboxylic acids is 1. The highest BCUT2D eigenvalue weighted by atomic mass is 16.4. The van der Waals surface area contributed by atoms with E-state index in [0.29, 0.717) is 25.1 Å². The van der Waals surface area contributed by atoms with Crippen LogP contribution in [-0.4, -0.2) is 40.5 Å². The zero-order chi connectivity index (χ0) is 24.0. The van der Waals surface area contributed by atoms with Crippen LogP contribution in [0.5, 0.6) is 0 Å². The minimum atomic E-state index is -0.879. The molecule has 1 aromatic heterocycles. The van der Waals surface area contributed by atoms with Crippen molar-refractivity contribution >= 4 is 28.7 Å². The average Bonchev–Trinajstić information content (AvgIpc) is 3.11. The maximum Gasteiger partial charge on any atom is 0.312 e. The fourth-order valence-corrected chi connectivity index (χ4v) is 4.24. The predicted octanol–water partition coefficient (Wildman–Crippen LogP) is 3.40. The Hall–Kier alpha value is -3.61. The van der Waals surface area contributed by atoms with Crippen molar-refractivity contribution in [2.45, 2.75) is 45.6 Å². The molecule has 3 aromatic rings. The molecule has 0 saturated heterocycles. The average molecular weight is 450 g/mol. The molecule has 7 heteroatoms. The number of nitrogens with one attached hydrogen (secondary N) is 3. The number of hydrogen-bond acceptors (Lipinski definition) is 3. The lowest BCUT2D eigenvalue weighted by molar-refractivity contribution is -0.140. The molecule has 0 fully saturated rings. The lowest BCUT2D eigenvalue weighted by Crippen LogP contribution is -2.47. The SMILES string of the molecule is CC(=O)NC(Cc1ccccc1)C(=O)NCCc1c(C(C(=O)O)C(C)C)[nH]c2ccccc12. The molecule has 7 nitrogen and oxygen atoms in total. The van der Waals surface area contributed by atoms with Crippen LogP contribution in [0.4, 0.5) is 0 Å². The first-order valence-corrected chi connectivity index (χ1v) is 11.2. The zero-order valence-corrected chi connectivity index (χ0v) is 19.2. The quantitative estimate of drug-likeness (QED) is 0.380. The van der Waals surface area contributed by atoms with Crippen LogP contribution in [0.15, 0.2) is 54.6 Å². The van der Waals surface area contributed by atoms with Gasteiger partial charge in [-0.05, 0) is 29.5 Å². The van der Waals surface area contributed by atoms with E-state index in [9.17, 15) is 19.5 Å². The molecule has 0 aliphatic heterocycles. The summed E-state index contributed by atoms with van der Waals surface area (Å²) in [5, 5.41) is 16.4. The predicted molar refractivity (Wildman–Crippen MR) is 128 cm³/mol. The Kier molecular flexibility index (Phi) is 7.87. The van der Waals surface area contributed by atoms with E-state index < -0.39 is 17.9 Å². The van der Waals surface area contributed by atoms with Crippen molar-refractivity contribution in [3.05, 3.63) is 71.4 Å². The number of aromatic nitrogens is 1. The van der Waals surface area contributed by atoms with Crippen molar-refractivity contribution < 1.29 is 19.5 Å². The van der Waals surface area contributed by atoms with E-state index in [1.54, 1.807) is 0 Å². The second kappa shape index (κ2) is 10.8. The number of para-hydroxylation sites is 1. The van der Waals surface area contributed by atoms with Crippen LogP contribution in [0.1, 0.15) is 43.5 Å². The molecule has 1 heterocycles. The van der Waals surface area contributed by atoms with E-state index >= 15 is 0 Å². The fraction of sp³-hybridized carbons (Fsp3) is 0.346. The van der Waals surface area contributed by atoms with Crippen LogP contribution in [0.2, 0.25) is 0 Å². The van der Waals surface area contributed by atoms with Gasteiger partial charge in [0.2, 0.25) is 11.8 Å². The molecule has 174 valence electrons. The zero-order valence-electron chi connectivity index (χ0n) is 19.2. The van der Waals surface area contributed by atoms with Crippen LogP contribution < -0.4 is 10.6 Å². The summed E-state index contributed by atoms with van der Waals surface area (Å²) in [6.45, 7) is 5.49.